The lowest BCUT2D eigenvalue weighted by molar-refractivity contribution is 0.0931. The van der Waals surface area contributed by atoms with Gasteiger partial charge in [0.2, 0.25) is 0 Å². The van der Waals surface area contributed by atoms with Crippen molar-refractivity contribution < 1.29 is 17.6 Å². The second-order valence-corrected chi connectivity index (χ2v) is 9.02. The first-order chi connectivity index (χ1) is 15.4. The predicted octanol–water partition coefficient (Wildman–Crippen LogP) is 4.82. The molecule has 2 N–H and O–H groups in total. The summed E-state index contributed by atoms with van der Waals surface area (Å²) in [5.74, 6) is 1.00. The normalized spacial score (nSPS) is 12.4. The third-order valence-corrected chi connectivity index (χ3v) is 6.52. The Labute approximate surface area is 186 Å². The summed E-state index contributed by atoms with van der Waals surface area (Å²) in [5, 5.41) is 3.64. The topological polar surface area (TPSA) is 101 Å². The number of fused-ring (bicyclic) bond motifs is 1. The highest BCUT2D eigenvalue weighted by Gasteiger charge is 2.23. The number of anilines is 1. The molecule has 0 saturated heterocycles. The number of hydrogen-bond acceptors (Lipinski definition) is 5. The summed E-state index contributed by atoms with van der Waals surface area (Å²) in [6.45, 7) is 3.77. The van der Waals surface area contributed by atoms with Crippen molar-refractivity contribution in [1.82, 2.24) is 10.3 Å². The van der Waals surface area contributed by atoms with Crippen molar-refractivity contribution in [1.29, 1.82) is 0 Å². The minimum absolute atomic E-state index is 0.0447. The molecule has 4 rings (SSSR count). The summed E-state index contributed by atoms with van der Waals surface area (Å²) in [7, 11) is -3.99. The van der Waals surface area contributed by atoms with Crippen LogP contribution in [0.2, 0.25) is 0 Å². The average Bonchev–Trinajstić information content (AvgIpc) is 3.23. The number of aryl methyl sites for hydroxylation is 1. The van der Waals surface area contributed by atoms with Crippen LogP contribution in [0, 0.1) is 6.92 Å². The summed E-state index contributed by atoms with van der Waals surface area (Å²) in [6, 6.07) is 18.3. The highest BCUT2D eigenvalue weighted by molar-refractivity contribution is 7.93. The highest BCUT2D eigenvalue weighted by Crippen LogP contribution is 2.26. The number of benzene rings is 2. The van der Waals surface area contributed by atoms with Gasteiger partial charge in [0.25, 0.3) is 15.9 Å². The molecule has 0 radical (unpaired) electrons. The first kappa shape index (κ1) is 21.6. The van der Waals surface area contributed by atoms with E-state index in [-0.39, 0.29) is 22.2 Å². The number of carbonyl (C=O) groups excluding carboxylic acids is 1. The Morgan fingerprint density at radius 3 is 2.56 bits per heavy atom. The first-order valence-electron chi connectivity index (χ1n) is 10.2. The quantitative estimate of drug-likeness (QED) is 0.421. The average molecular weight is 450 g/mol. The number of pyridine rings is 1. The minimum atomic E-state index is -3.99. The van der Waals surface area contributed by atoms with E-state index in [1.54, 1.807) is 54.7 Å². The van der Waals surface area contributed by atoms with Crippen molar-refractivity contribution >= 4 is 32.5 Å². The summed E-state index contributed by atoms with van der Waals surface area (Å²) >= 11 is 0. The molecule has 1 amide bonds. The van der Waals surface area contributed by atoms with Crippen molar-refractivity contribution in [2.45, 2.75) is 31.2 Å². The van der Waals surface area contributed by atoms with Gasteiger partial charge < -0.3 is 9.73 Å². The van der Waals surface area contributed by atoms with Crippen LogP contribution in [0.3, 0.4) is 0 Å². The van der Waals surface area contributed by atoms with Gasteiger partial charge in [-0.1, -0.05) is 37.3 Å². The van der Waals surface area contributed by atoms with Gasteiger partial charge in [-0.2, -0.15) is 0 Å². The fourth-order valence-corrected chi connectivity index (χ4v) is 4.77. The Balaban J connectivity index is 1.64. The molecule has 164 valence electrons. The van der Waals surface area contributed by atoms with Crippen molar-refractivity contribution in [3.05, 3.63) is 90.0 Å². The number of hydrogen-bond donors (Lipinski definition) is 2. The molecular weight excluding hydrogens is 426 g/mol. The van der Waals surface area contributed by atoms with E-state index in [0.717, 1.165) is 5.76 Å². The standard InChI is InChI=1S/C24H23N3O4S/c1-3-19(21-14-13-16(2)31-21)26-24(28)18-10-4-5-11-20(18)27-32(29,30)22-12-6-8-17-9-7-15-25-23(17)22/h4-15,19,27H,3H2,1-2H3,(H,26,28). The van der Waals surface area contributed by atoms with Crippen molar-refractivity contribution in [2.75, 3.05) is 4.72 Å². The molecule has 0 spiro atoms. The van der Waals surface area contributed by atoms with E-state index in [2.05, 4.69) is 15.0 Å². The molecule has 8 heteroatoms. The van der Waals surface area contributed by atoms with Crippen LogP contribution in [0.5, 0.6) is 0 Å². The molecule has 1 atom stereocenters. The van der Waals surface area contributed by atoms with E-state index in [4.69, 9.17) is 4.42 Å². The van der Waals surface area contributed by atoms with Gasteiger partial charge in [0.1, 0.15) is 16.4 Å². The number of rotatable bonds is 7. The van der Waals surface area contributed by atoms with Gasteiger partial charge in [-0.3, -0.25) is 14.5 Å². The van der Waals surface area contributed by atoms with E-state index in [1.807, 2.05) is 26.0 Å². The van der Waals surface area contributed by atoms with Crippen LogP contribution in [0.15, 0.2) is 82.2 Å². The predicted molar refractivity (Wildman–Crippen MR) is 123 cm³/mol. The lowest BCUT2D eigenvalue weighted by Crippen LogP contribution is -2.29. The monoisotopic (exact) mass is 449 g/mol. The largest absolute Gasteiger partial charge is 0.464 e. The Morgan fingerprint density at radius 2 is 1.81 bits per heavy atom. The van der Waals surface area contributed by atoms with E-state index >= 15 is 0 Å². The zero-order chi connectivity index (χ0) is 22.7. The molecule has 7 nitrogen and oxygen atoms in total. The van der Waals surface area contributed by atoms with Gasteiger partial charge >= 0.3 is 0 Å². The van der Waals surface area contributed by atoms with E-state index in [0.29, 0.717) is 23.1 Å². The van der Waals surface area contributed by atoms with Crippen molar-refractivity contribution in [2.24, 2.45) is 0 Å². The fraction of sp³-hybridized carbons (Fsp3) is 0.167. The van der Waals surface area contributed by atoms with E-state index < -0.39 is 15.9 Å². The molecule has 1 unspecified atom stereocenters. The second kappa shape index (κ2) is 8.84. The maximum Gasteiger partial charge on any atom is 0.264 e. The summed E-state index contributed by atoms with van der Waals surface area (Å²) in [6.07, 6.45) is 2.16. The molecule has 2 aromatic carbocycles. The van der Waals surface area contributed by atoms with Gasteiger partial charge in [0.15, 0.2) is 0 Å². The SMILES string of the molecule is CCC(NC(=O)c1ccccc1NS(=O)(=O)c1cccc2cccnc12)c1ccc(C)o1. The number of para-hydroxylation sites is 2. The molecule has 32 heavy (non-hydrogen) atoms. The maximum absolute atomic E-state index is 13.2. The summed E-state index contributed by atoms with van der Waals surface area (Å²) in [4.78, 5) is 17.3. The van der Waals surface area contributed by atoms with Crippen LogP contribution in [0.4, 0.5) is 5.69 Å². The van der Waals surface area contributed by atoms with E-state index in [9.17, 15) is 13.2 Å². The minimum Gasteiger partial charge on any atom is -0.464 e. The zero-order valence-corrected chi connectivity index (χ0v) is 18.5. The summed E-state index contributed by atoms with van der Waals surface area (Å²) < 4.78 is 34.6. The molecule has 2 heterocycles. The Bertz CT molecular complexity index is 1370. The smallest absolute Gasteiger partial charge is 0.264 e. The summed E-state index contributed by atoms with van der Waals surface area (Å²) in [5.41, 5.74) is 0.762. The maximum atomic E-state index is 13.2. The van der Waals surface area contributed by atoms with Gasteiger partial charge in [-0.05, 0) is 49.7 Å². The van der Waals surface area contributed by atoms with Crippen LogP contribution in [-0.2, 0) is 10.0 Å². The Kier molecular flexibility index (Phi) is 5.96. The van der Waals surface area contributed by atoms with Gasteiger partial charge in [-0.25, -0.2) is 8.42 Å². The number of aromatic nitrogens is 1. The molecule has 0 aliphatic heterocycles. The van der Waals surface area contributed by atoms with Gasteiger partial charge in [-0.15, -0.1) is 0 Å². The number of amides is 1. The molecule has 0 aliphatic rings. The van der Waals surface area contributed by atoms with Crippen LogP contribution in [-0.4, -0.2) is 19.3 Å². The number of carbonyl (C=O) groups is 1. The number of nitrogens with one attached hydrogen (secondary N) is 2. The third kappa shape index (κ3) is 4.36. The molecule has 0 aliphatic carbocycles. The fourth-order valence-electron chi connectivity index (χ4n) is 3.51. The van der Waals surface area contributed by atoms with Crippen LogP contribution >= 0.6 is 0 Å². The Morgan fingerprint density at radius 1 is 1.03 bits per heavy atom. The lowest BCUT2D eigenvalue weighted by atomic mass is 10.1. The van der Waals surface area contributed by atoms with Crippen molar-refractivity contribution in [3.63, 3.8) is 0 Å². The van der Waals surface area contributed by atoms with Crippen LogP contribution < -0.4 is 10.0 Å². The van der Waals surface area contributed by atoms with Crippen LogP contribution in [0.25, 0.3) is 10.9 Å². The van der Waals surface area contributed by atoms with Gasteiger partial charge in [0, 0.05) is 11.6 Å². The first-order valence-corrected chi connectivity index (χ1v) is 11.7. The van der Waals surface area contributed by atoms with Crippen LogP contribution in [0.1, 0.15) is 41.3 Å². The molecular formula is C24H23N3O4S. The van der Waals surface area contributed by atoms with Gasteiger partial charge in [0.05, 0.1) is 22.8 Å². The molecule has 4 aromatic rings. The molecule has 2 aromatic heterocycles. The second-order valence-electron chi connectivity index (χ2n) is 7.37. The molecule has 0 bridgehead atoms. The number of furan rings is 1. The Hall–Kier alpha value is -3.65. The van der Waals surface area contributed by atoms with Crippen molar-refractivity contribution in [3.8, 4) is 0 Å². The molecule has 0 fully saturated rings. The zero-order valence-electron chi connectivity index (χ0n) is 17.7. The number of sulfonamides is 1. The molecule has 0 saturated carbocycles. The lowest BCUT2D eigenvalue weighted by Gasteiger charge is -2.17. The third-order valence-electron chi connectivity index (χ3n) is 5.12. The highest BCUT2D eigenvalue weighted by atomic mass is 32.2. The number of nitrogens with zero attached hydrogens (tertiary/aromatic N) is 1. The van der Waals surface area contributed by atoms with E-state index in [1.165, 1.54) is 6.07 Å².